The molecule has 0 radical (unpaired) electrons. The number of nitriles is 1. The summed E-state index contributed by atoms with van der Waals surface area (Å²) < 4.78 is 4.80. The molecule has 0 aliphatic heterocycles. The second-order valence-electron chi connectivity index (χ2n) is 5.45. The lowest BCUT2D eigenvalue weighted by atomic mass is 9.88. The lowest BCUT2D eigenvalue weighted by Crippen LogP contribution is -2.17. The number of anilines is 1. The lowest BCUT2D eigenvalue weighted by Gasteiger charge is -2.18. The monoisotopic (exact) mass is 333 g/mol. The van der Waals surface area contributed by atoms with Crippen LogP contribution in [0.3, 0.4) is 0 Å². The fraction of sp³-hybridized carbons (Fsp3) is 0.438. The second-order valence-corrected chi connectivity index (χ2v) is 6.56. The number of primary amides is 1. The first-order chi connectivity index (χ1) is 11.0. The summed E-state index contributed by atoms with van der Waals surface area (Å²) in [6, 6.07) is 1.79. The molecular formula is C16H19N3O3S. The molecule has 1 aliphatic rings. The summed E-state index contributed by atoms with van der Waals surface area (Å²) in [5.74, 6) is -0.625. The van der Waals surface area contributed by atoms with Crippen LogP contribution in [0.1, 0.15) is 41.1 Å². The Bertz CT molecular complexity index is 700. The molecule has 2 rings (SSSR count). The van der Waals surface area contributed by atoms with Crippen molar-refractivity contribution in [3.8, 4) is 6.07 Å². The highest BCUT2D eigenvalue weighted by atomic mass is 32.1. The first-order valence-corrected chi connectivity index (χ1v) is 8.27. The Morgan fingerprint density at radius 3 is 2.91 bits per heavy atom. The van der Waals surface area contributed by atoms with Crippen LogP contribution in [0.2, 0.25) is 0 Å². The molecule has 0 spiro atoms. The molecule has 1 aromatic rings. The minimum atomic E-state index is -0.696. The van der Waals surface area contributed by atoms with Crippen molar-refractivity contribution < 1.29 is 14.3 Å². The predicted octanol–water partition coefficient (Wildman–Crippen LogP) is 2.35. The largest absolute Gasteiger partial charge is 0.462 e. The highest BCUT2D eigenvalue weighted by Gasteiger charge is 2.26. The van der Waals surface area contributed by atoms with Crippen LogP contribution in [0.25, 0.3) is 0 Å². The molecule has 0 aromatic carbocycles. The summed E-state index contributed by atoms with van der Waals surface area (Å²) in [6.45, 7) is 4.03. The smallest absolute Gasteiger partial charge is 0.350 e. The van der Waals surface area contributed by atoms with Crippen molar-refractivity contribution >= 4 is 28.2 Å². The molecule has 7 heteroatoms. The third-order valence-electron chi connectivity index (χ3n) is 3.72. The van der Waals surface area contributed by atoms with Gasteiger partial charge in [-0.3, -0.25) is 4.79 Å². The van der Waals surface area contributed by atoms with Gasteiger partial charge in [0.2, 0.25) is 0 Å². The highest BCUT2D eigenvalue weighted by molar-refractivity contribution is 7.16. The molecule has 0 saturated heterocycles. The van der Waals surface area contributed by atoms with Gasteiger partial charge in [0.1, 0.15) is 11.1 Å². The van der Waals surface area contributed by atoms with Gasteiger partial charge in [0.15, 0.2) is 5.57 Å². The maximum atomic E-state index is 11.8. The van der Waals surface area contributed by atoms with Gasteiger partial charge in [0.25, 0.3) is 5.91 Å². The number of ether oxygens (including phenoxy) is 1. The number of hydrogen-bond acceptors (Lipinski definition) is 6. The summed E-state index contributed by atoms with van der Waals surface area (Å²) in [4.78, 5) is 24.6. The van der Waals surface area contributed by atoms with E-state index >= 15 is 0 Å². The second kappa shape index (κ2) is 7.29. The summed E-state index contributed by atoms with van der Waals surface area (Å²) in [7, 11) is 0. The van der Waals surface area contributed by atoms with Crippen LogP contribution in [0, 0.1) is 17.2 Å². The zero-order chi connectivity index (χ0) is 17.0. The average Bonchev–Trinajstić information content (AvgIpc) is 2.85. The van der Waals surface area contributed by atoms with Crippen molar-refractivity contribution in [3.63, 3.8) is 0 Å². The van der Waals surface area contributed by atoms with Crippen LogP contribution >= 0.6 is 11.3 Å². The van der Waals surface area contributed by atoms with Crippen molar-refractivity contribution in [2.24, 2.45) is 11.7 Å². The molecule has 1 aromatic heterocycles. The van der Waals surface area contributed by atoms with Gasteiger partial charge in [-0.05, 0) is 37.7 Å². The Morgan fingerprint density at radius 1 is 1.57 bits per heavy atom. The molecule has 1 amide bonds. The maximum Gasteiger partial charge on any atom is 0.350 e. The third-order valence-corrected chi connectivity index (χ3v) is 4.91. The Morgan fingerprint density at radius 2 is 2.30 bits per heavy atom. The van der Waals surface area contributed by atoms with Crippen molar-refractivity contribution in [1.29, 1.82) is 5.26 Å². The van der Waals surface area contributed by atoms with Gasteiger partial charge in [-0.25, -0.2) is 4.79 Å². The van der Waals surface area contributed by atoms with Gasteiger partial charge in [-0.1, -0.05) is 6.92 Å². The Kier molecular flexibility index (Phi) is 5.40. The molecule has 6 nitrogen and oxygen atoms in total. The van der Waals surface area contributed by atoms with Crippen molar-refractivity contribution in [3.05, 3.63) is 27.8 Å². The van der Waals surface area contributed by atoms with E-state index in [-0.39, 0.29) is 12.2 Å². The van der Waals surface area contributed by atoms with Gasteiger partial charge < -0.3 is 15.8 Å². The molecule has 0 fully saturated rings. The SMILES string of the molecule is CCOC(=O)/C(C#N)=C/Nc1sc2c(c1C(N)=O)CC[C@H](C)C2. The molecular weight excluding hydrogens is 314 g/mol. The number of hydrogen-bond donors (Lipinski definition) is 2. The van der Waals surface area contributed by atoms with Gasteiger partial charge >= 0.3 is 5.97 Å². The van der Waals surface area contributed by atoms with Crippen LogP contribution in [0.15, 0.2) is 11.8 Å². The number of thiophene rings is 1. The number of carbonyl (C=O) groups excluding carboxylic acids is 2. The van der Waals surface area contributed by atoms with Gasteiger partial charge in [-0.15, -0.1) is 11.3 Å². The summed E-state index contributed by atoms with van der Waals surface area (Å²) in [5.41, 5.74) is 6.82. The Hall–Kier alpha value is -2.33. The summed E-state index contributed by atoms with van der Waals surface area (Å²) in [6.07, 6.45) is 4.02. The van der Waals surface area contributed by atoms with Gasteiger partial charge in [0.05, 0.1) is 12.2 Å². The lowest BCUT2D eigenvalue weighted by molar-refractivity contribution is -0.138. The zero-order valence-electron chi connectivity index (χ0n) is 13.1. The van der Waals surface area contributed by atoms with Crippen LogP contribution < -0.4 is 11.1 Å². The minimum absolute atomic E-state index is 0.151. The van der Waals surface area contributed by atoms with E-state index in [1.54, 1.807) is 13.0 Å². The maximum absolute atomic E-state index is 11.8. The fourth-order valence-corrected chi connectivity index (χ4v) is 3.98. The van der Waals surface area contributed by atoms with E-state index in [2.05, 4.69) is 12.2 Å². The molecule has 1 atom stereocenters. The number of nitrogens with two attached hydrogens (primary N) is 1. The van der Waals surface area contributed by atoms with Crippen molar-refractivity contribution in [1.82, 2.24) is 0 Å². The summed E-state index contributed by atoms with van der Waals surface area (Å²) in [5, 5.41) is 12.5. The Labute approximate surface area is 138 Å². The first kappa shape index (κ1) is 17.0. The van der Waals surface area contributed by atoms with E-state index in [4.69, 9.17) is 15.7 Å². The number of amides is 1. The molecule has 0 bridgehead atoms. The molecule has 23 heavy (non-hydrogen) atoms. The average molecular weight is 333 g/mol. The van der Waals surface area contributed by atoms with Crippen molar-refractivity contribution in [2.45, 2.75) is 33.1 Å². The number of esters is 1. The van der Waals surface area contributed by atoms with E-state index in [0.29, 0.717) is 16.5 Å². The number of fused-ring (bicyclic) bond motifs is 1. The number of nitrogens with one attached hydrogen (secondary N) is 1. The molecule has 0 saturated carbocycles. The molecule has 0 unspecified atom stereocenters. The highest BCUT2D eigenvalue weighted by Crippen LogP contribution is 2.39. The molecule has 122 valence electrons. The van der Waals surface area contributed by atoms with E-state index < -0.39 is 11.9 Å². The van der Waals surface area contributed by atoms with E-state index in [1.807, 2.05) is 0 Å². The molecule has 1 aliphatic carbocycles. The fourth-order valence-electron chi connectivity index (χ4n) is 2.60. The standard InChI is InChI=1S/C16H19N3O3S/c1-3-22-16(21)10(7-17)8-19-15-13(14(18)20)11-5-4-9(2)6-12(11)23-15/h8-9,19H,3-6H2,1-2H3,(H2,18,20)/b10-8+/t9-/m0/s1. The molecule has 1 heterocycles. The van der Waals surface area contributed by atoms with Gasteiger partial charge in [0, 0.05) is 11.1 Å². The number of rotatable bonds is 5. The van der Waals surface area contributed by atoms with Crippen molar-refractivity contribution in [2.75, 3.05) is 11.9 Å². The van der Waals surface area contributed by atoms with Crippen LogP contribution in [-0.2, 0) is 22.4 Å². The summed E-state index contributed by atoms with van der Waals surface area (Å²) >= 11 is 1.45. The minimum Gasteiger partial charge on any atom is -0.462 e. The van der Waals surface area contributed by atoms with Gasteiger partial charge in [-0.2, -0.15) is 5.26 Å². The van der Waals surface area contributed by atoms with Crippen LogP contribution in [-0.4, -0.2) is 18.5 Å². The number of carbonyl (C=O) groups is 2. The normalized spacial score (nSPS) is 17.1. The Balaban J connectivity index is 2.31. The van der Waals surface area contributed by atoms with Crippen LogP contribution in [0.5, 0.6) is 0 Å². The zero-order valence-corrected chi connectivity index (χ0v) is 14.0. The molecule has 3 N–H and O–H groups in total. The topological polar surface area (TPSA) is 105 Å². The van der Waals surface area contributed by atoms with E-state index in [1.165, 1.54) is 17.5 Å². The quantitative estimate of drug-likeness (QED) is 0.489. The first-order valence-electron chi connectivity index (χ1n) is 7.46. The number of nitrogens with zero attached hydrogens (tertiary/aromatic N) is 1. The van der Waals surface area contributed by atoms with E-state index in [0.717, 1.165) is 29.7 Å². The van der Waals surface area contributed by atoms with Crippen LogP contribution in [0.4, 0.5) is 5.00 Å². The third kappa shape index (κ3) is 3.71. The predicted molar refractivity (Wildman–Crippen MR) is 88.0 cm³/mol. The van der Waals surface area contributed by atoms with E-state index in [9.17, 15) is 9.59 Å².